The number of anilines is 9. The molecule has 1 aromatic heterocycles. The molecular weight excluding hydrogens is 865 g/mol. The molecule has 0 bridgehead atoms. The number of nitrogens with zero attached hydrogens (tertiary/aromatic N) is 4. The van der Waals surface area contributed by atoms with Crippen LogP contribution in [-0.4, -0.2) is 4.57 Å². The number of fused-ring (bicyclic) bond motifs is 9. The predicted molar refractivity (Wildman–Crippen MR) is 288 cm³/mol. The van der Waals surface area contributed by atoms with E-state index in [1.807, 2.05) is 23.5 Å². The third-order valence-corrected chi connectivity index (χ3v) is 15.7. The topological polar surface area (TPSA) is 14.7 Å². The van der Waals surface area contributed by atoms with Crippen molar-refractivity contribution >= 4 is 118 Å². The van der Waals surface area contributed by atoms with Crippen molar-refractivity contribution in [3.05, 3.63) is 243 Å². The number of hydrogen-bond acceptors (Lipinski definition) is 5. The highest BCUT2D eigenvalue weighted by atomic mass is 32.2. The first-order valence-corrected chi connectivity index (χ1v) is 24.6. The van der Waals surface area contributed by atoms with E-state index in [-0.39, 0.29) is 0 Å². The summed E-state index contributed by atoms with van der Waals surface area (Å²) in [6, 6.07) is 88.8. The Bertz CT molecular complexity index is 3860. The van der Waals surface area contributed by atoms with E-state index in [1.165, 1.54) is 85.7 Å². The van der Waals surface area contributed by atoms with Crippen LogP contribution in [-0.2, 0) is 0 Å². The largest absolute Gasteiger partial charge is 0.311 e. The van der Waals surface area contributed by atoms with Gasteiger partial charge < -0.3 is 19.3 Å². The monoisotopic (exact) mass is 904 g/mol. The Balaban J connectivity index is 0.885. The highest BCUT2D eigenvalue weighted by molar-refractivity contribution is 8.00. The smallest absolute Gasteiger partial charge is 0.0622 e. The second kappa shape index (κ2) is 15.7. The van der Waals surface area contributed by atoms with Crippen LogP contribution in [0, 0.1) is 0 Å². The Morgan fingerprint density at radius 2 is 0.735 bits per heavy atom. The van der Waals surface area contributed by atoms with Gasteiger partial charge in [0.05, 0.1) is 33.8 Å². The molecule has 0 radical (unpaired) electrons. The van der Waals surface area contributed by atoms with Gasteiger partial charge in [0.25, 0.3) is 0 Å². The molecule has 4 nitrogen and oxygen atoms in total. The lowest BCUT2D eigenvalue weighted by atomic mass is 10.0. The molecule has 320 valence electrons. The molecule has 68 heavy (non-hydrogen) atoms. The Morgan fingerprint density at radius 3 is 1.31 bits per heavy atom. The zero-order valence-corrected chi connectivity index (χ0v) is 38.3. The Labute approximate surface area is 402 Å². The van der Waals surface area contributed by atoms with E-state index in [9.17, 15) is 0 Å². The molecule has 2 aliphatic rings. The molecule has 0 spiro atoms. The fourth-order valence-electron chi connectivity index (χ4n) is 10.4. The van der Waals surface area contributed by atoms with Gasteiger partial charge in [-0.05, 0) is 161 Å². The van der Waals surface area contributed by atoms with Gasteiger partial charge in [0.2, 0.25) is 0 Å². The number of aromatic nitrogens is 1. The van der Waals surface area contributed by atoms with Gasteiger partial charge in [0.1, 0.15) is 0 Å². The van der Waals surface area contributed by atoms with Crippen LogP contribution < -0.4 is 14.7 Å². The van der Waals surface area contributed by atoms with Crippen LogP contribution in [0.1, 0.15) is 0 Å². The maximum atomic E-state index is 2.47. The van der Waals surface area contributed by atoms with Gasteiger partial charge in [-0.25, -0.2) is 0 Å². The van der Waals surface area contributed by atoms with E-state index in [0.29, 0.717) is 0 Å². The van der Waals surface area contributed by atoms with Gasteiger partial charge in [-0.1, -0.05) is 127 Å². The fourth-order valence-corrected chi connectivity index (χ4v) is 12.5. The second-order valence-electron chi connectivity index (χ2n) is 17.4. The molecule has 2 aliphatic heterocycles. The zero-order valence-electron chi connectivity index (χ0n) is 36.7. The Hall–Kier alpha value is -8.16. The first-order chi connectivity index (χ1) is 33.7. The molecule has 0 amide bonds. The molecule has 14 rings (SSSR count). The van der Waals surface area contributed by atoms with Crippen molar-refractivity contribution in [1.82, 2.24) is 4.57 Å². The van der Waals surface area contributed by atoms with Gasteiger partial charge in [0.15, 0.2) is 0 Å². The summed E-state index contributed by atoms with van der Waals surface area (Å²) in [4.78, 5) is 12.2. The fraction of sp³-hybridized carbons (Fsp3) is 0. The number of para-hydroxylation sites is 6. The molecule has 0 N–H and O–H groups in total. The van der Waals surface area contributed by atoms with Crippen LogP contribution in [0.4, 0.5) is 51.2 Å². The van der Waals surface area contributed by atoms with Crippen LogP contribution >= 0.6 is 23.5 Å². The minimum Gasteiger partial charge on any atom is -0.311 e. The maximum absolute atomic E-state index is 2.47. The van der Waals surface area contributed by atoms with Crippen molar-refractivity contribution in [2.24, 2.45) is 0 Å². The summed E-state index contributed by atoms with van der Waals surface area (Å²) in [5.74, 6) is 0. The van der Waals surface area contributed by atoms with E-state index in [4.69, 9.17) is 0 Å². The van der Waals surface area contributed by atoms with Crippen LogP contribution in [0.2, 0.25) is 0 Å². The van der Waals surface area contributed by atoms with E-state index >= 15 is 0 Å². The van der Waals surface area contributed by atoms with E-state index in [0.717, 1.165) is 34.1 Å². The Morgan fingerprint density at radius 1 is 0.279 bits per heavy atom. The summed E-state index contributed by atoms with van der Waals surface area (Å²) >= 11 is 3.70. The van der Waals surface area contributed by atoms with E-state index in [2.05, 4.69) is 262 Å². The van der Waals surface area contributed by atoms with Crippen molar-refractivity contribution in [2.45, 2.75) is 19.6 Å². The Kier molecular flexibility index (Phi) is 9.04. The molecule has 6 heteroatoms. The van der Waals surface area contributed by atoms with Gasteiger partial charge >= 0.3 is 0 Å². The van der Waals surface area contributed by atoms with Gasteiger partial charge in [0, 0.05) is 64.5 Å². The van der Waals surface area contributed by atoms with Gasteiger partial charge in [-0.2, -0.15) is 0 Å². The van der Waals surface area contributed by atoms with Crippen LogP contribution in [0.25, 0.3) is 49.0 Å². The highest BCUT2D eigenvalue weighted by Crippen LogP contribution is 2.55. The standard InChI is InChI=1S/C62H40N4S2/c1-3-15-45(16-4-1)63(46-17-5-2-6-18-46)47-31-33-48(34-32-47)64-53-20-8-7-19-51(53)52-39-62-58(40-57(52)64)66(56-23-11-14-26-61(56)68-62)50-30-28-42-35-43-37-49(29-27-41(43)36-44(42)38-50)65-54-21-9-12-24-59(54)67-60-25-13-10-22-55(60)65/h1-40H. The van der Waals surface area contributed by atoms with Crippen LogP contribution in [0.15, 0.2) is 262 Å². The number of benzene rings is 11. The van der Waals surface area contributed by atoms with Crippen molar-refractivity contribution < 1.29 is 0 Å². The highest BCUT2D eigenvalue weighted by Gasteiger charge is 2.28. The third-order valence-electron chi connectivity index (χ3n) is 13.4. The molecule has 3 heterocycles. The summed E-state index contributed by atoms with van der Waals surface area (Å²) in [5.41, 5.74) is 13.9. The summed E-state index contributed by atoms with van der Waals surface area (Å²) in [7, 11) is 0. The van der Waals surface area contributed by atoms with Crippen molar-refractivity contribution in [1.29, 1.82) is 0 Å². The third kappa shape index (κ3) is 6.33. The normalized spacial score (nSPS) is 12.8. The molecule has 0 fully saturated rings. The number of hydrogen-bond donors (Lipinski definition) is 0. The molecule has 0 saturated carbocycles. The molecule has 11 aromatic carbocycles. The first-order valence-electron chi connectivity index (χ1n) is 23.0. The lowest BCUT2D eigenvalue weighted by Crippen LogP contribution is -2.15. The van der Waals surface area contributed by atoms with Gasteiger partial charge in [-0.3, -0.25) is 0 Å². The molecule has 12 aromatic rings. The van der Waals surface area contributed by atoms with Crippen molar-refractivity contribution in [3.8, 4) is 5.69 Å². The van der Waals surface area contributed by atoms with Crippen LogP contribution in [0.5, 0.6) is 0 Å². The number of rotatable bonds is 6. The lowest BCUT2D eigenvalue weighted by Gasteiger charge is -2.33. The van der Waals surface area contributed by atoms with E-state index < -0.39 is 0 Å². The first kappa shape index (κ1) is 39.0. The lowest BCUT2D eigenvalue weighted by molar-refractivity contribution is 1.15. The zero-order chi connectivity index (χ0) is 44.7. The molecule has 0 unspecified atom stereocenters. The minimum absolute atomic E-state index is 1.10. The van der Waals surface area contributed by atoms with Crippen LogP contribution in [0.3, 0.4) is 0 Å². The predicted octanol–water partition coefficient (Wildman–Crippen LogP) is 18.4. The molecule has 0 saturated heterocycles. The van der Waals surface area contributed by atoms with Crippen molar-refractivity contribution in [2.75, 3.05) is 14.7 Å². The van der Waals surface area contributed by atoms with Gasteiger partial charge in [-0.15, -0.1) is 0 Å². The second-order valence-corrected chi connectivity index (χ2v) is 19.6. The quantitative estimate of drug-likeness (QED) is 0.154. The average molecular weight is 905 g/mol. The molecular formula is C62H40N4S2. The summed E-state index contributed by atoms with van der Waals surface area (Å²) < 4.78 is 2.44. The molecule has 0 atom stereocenters. The molecule has 0 aliphatic carbocycles. The maximum Gasteiger partial charge on any atom is 0.0622 e. The van der Waals surface area contributed by atoms with E-state index in [1.54, 1.807) is 0 Å². The summed E-state index contributed by atoms with van der Waals surface area (Å²) in [6.07, 6.45) is 0. The SMILES string of the molecule is c1ccc(N(c2ccccc2)c2ccc(-n3c4ccccc4c4cc5c(cc43)N(c3ccc4cc6cc(N7c8ccccc8Sc8ccccc87)ccc6cc4c3)c3ccccc3S5)cc2)cc1. The van der Waals surface area contributed by atoms with Crippen molar-refractivity contribution in [3.63, 3.8) is 0 Å². The summed E-state index contributed by atoms with van der Waals surface area (Å²) in [5, 5.41) is 7.34. The minimum atomic E-state index is 1.10. The summed E-state index contributed by atoms with van der Waals surface area (Å²) in [6.45, 7) is 0. The average Bonchev–Trinajstić information content (AvgIpc) is 3.71.